The number of thiophene rings is 1. The maximum absolute atomic E-state index is 12.0. The zero-order chi connectivity index (χ0) is 13.8. The Balaban J connectivity index is 2.42. The third-order valence-corrected chi connectivity index (χ3v) is 6.82. The van der Waals surface area contributed by atoms with Gasteiger partial charge in [0.1, 0.15) is 0 Å². The van der Waals surface area contributed by atoms with Gasteiger partial charge in [0.2, 0.25) is 0 Å². The predicted octanol–water partition coefficient (Wildman–Crippen LogP) is 2.86. The second-order valence-corrected chi connectivity index (χ2v) is 8.46. The van der Waals surface area contributed by atoms with Crippen LogP contribution in [0.3, 0.4) is 0 Å². The highest BCUT2D eigenvalue weighted by atomic mass is 32.2. The van der Waals surface area contributed by atoms with Crippen molar-refractivity contribution in [3.8, 4) is 0 Å². The van der Waals surface area contributed by atoms with E-state index in [1.54, 1.807) is 18.3 Å². The molecule has 5 heteroatoms. The zero-order valence-electron chi connectivity index (χ0n) is 11.5. The lowest BCUT2D eigenvalue weighted by Crippen LogP contribution is -2.32. The fourth-order valence-electron chi connectivity index (χ4n) is 1.66. The second kappa shape index (κ2) is 6.68. The quantitative estimate of drug-likeness (QED) is 0.839. The molecular weight excluding hydrogens is 266 g/mol. The third kappa shape index (κ3) is 4.37. The minimum absolute atomic E-state index is 0.171. The summed E-state index contributed by atoms with van der Waals surface area (Å²) >= 11 is 1.69. The summed E-state index contributed by atoms with van der Waals surface area (Å²) in [6.45, 7) is 8.26. The van der Waals surface area contributed by atoms with E-state index in [2.05, 4.69) is 18.3 Å². The maximum Gasteiger partial charge on any atom is 0.154 e. The monoisotopic (exact) mass is 289 g/mol. The van der Waals surface area contributed by atoms with Crippen LogP contribution in [-0.4, -0.2) is 26.0 Å². The molecule has 18 heavy (non-hydrogen) atoms. The van der Waals surface area contributed by atoms with Crippen molar-refractivity contribution in [2.24, 2.45) is 5.92 Å². The van der Waals surface area contributed by atoms with Gasteiger partial charge in [-0.1, -0.05) is 19.9 Å². The lowest BCUT2D eigenvalue weighted by atomic mass is 10.2. The maximum atomic E-state index is 12.0. The molecule has 0 radical (unpaired) electrons. The molecule has 0 bridgehead atoms. The number of nitrogens with one attached hydrogen (secondary N) is 1. The van der Waals surface area contributed by atoms with E-state index >= 15 is 0 Å². The molecule has 0 spiro atoms. The van der Waals surface area contributed by atoms with E-state index in [9.17, 15) is 8.42 Å². The first-order valence-electron chi connectivity index (χ1n) is 6.33. The molecule has 3 nitrogen and oxygen atoms in total. The molecule has 0 fully saturated rings. The van der Waals surface area contributed by atoms with Gasteiger partial charge in [0.15, 0.2) is 9.84 Å². The molecule has 0 saturated heterocycles. The van der Waals surface area contributed by atoms with Gasteiger partial charge in [0.05, 0.1) is 11.0 Å². The van der Waals surface area contributed by atoms with E-state index in [0.717, 1.165) is 0 Å². The molecule has 1 aromatic rings. The highest BCUT2D eigenvalue weighted by Crippen LogP contribution is 2.18. The van der Waals surface area contributed by atoms with Crippen molar-refractivity contribution in [3.05, 3.63) is 22.4 Å². The molecule has 2 atom stereocenters. The van der Waals surface area contributed by atoms with Gasteiger partial charge in [-0.3, -0.25) is 0 Å². The summed E-state index contributed by atoms with van der Waals surface area (Å²) in [5.41, 5.74) is 0. The van der Waals surface area contributed by atoms with Crippen molar-refractivity contribution in [1.29, 1.82) is 0 Å². The molecule has 1 heterocycles. The van der Waals surface area contributed by atoms with Crippen LogP contribution in [0.2, 0.25) is 0 Å². The minimum atomic E-state index is -2.98. The van der Waals surface area contributed by atoms with E-state index in [-0.39, 0.29) is 23.0 Å². The third-order valence-electron chi connectivity index (χ3n) is 3.31. The fraction of sp³-hybridized carbons (Fsp3) is 0.692. The molecule has 0 aliphatic rings. The topological polar surface area (TPSA) is 46.2 Å². The molecule has 0 aliphatic carbocycles. The van der Waals surface area contributed by atoms with Gasteiger partial charge in [0.25, 0.3) is 0 Å². The van der Waals surface area contributed by atoms with Gasteiger partial charge in [-0.25, -0.2) is 8.42 Å². The molecule has 0 aromatic carbocycles. The van der Waals surface area contributed by atoms with Crippen LogP contribution in [-0.2, 0) is 9.84 Å². The Kier molecular flexibility index (Phi) is 5.82. The summed E-state index contributed by atoms with van der Waals surface area (Å²) < 4.78 is 24.0. The largest absolute Gasteiger partial charge is 0.308 e. The molecule has 2 unspecified atom stereocenters. The van der Waals surface area contributed by atoms with Gasteiger partial charge >= 0.3 is 0 Å². The molecule has 104 valence electrons. The summed E-state index contributed by atoms with van der Waals surface area (Å²) in [6.07, 6.45) is 0. The first-order chi connectivity index (χ1) is 8.34. The molecule has 1 N–H and O–H groups in total. The Morgan fingerprint density at radius 3 is 2.44 bits per heavy atom. The summed E-state index contributed by atoms with van der Waals surface area (Å²) in [4.78, 5) is 1.24. The molecule has 1 aromatic heterocycles. The average Bonchev–Trinajstić information content (AvgIpc) is 2.80. The Bertz CT molecular complexity index is 438. The predicted molar refractivity (Wildman–Crippen MR) is 78.8 cm³/mol. The number of hydrogen-bond donors (Lipinski definition) is 1. The molecular formula is C13H23NO2S2. The SMILES string of the molecule is CC(NCCS(=O)(=O)C(C)C(C)C)c1cccs1. The number of hydrogen-bond acceptors (Lipinski definition) is 4. The van der Waals surface area contributed by atoms with Crippen molar-refractivity contribution < 1.29 is 8.42 Å². The van der Waals surface area contributed by atoms with E-state index in [1.807, 2.05) is 25.3 Å². The van der Waals surface area contributed by atoms with Crippen LogP contribution < -0.4 is 5.32 Å². The van der Waals surface area contributed by atoms with Crippen LogP contribution in [0.25, 0.3) is 0 Å². The Labute approximate surface area is 115 Å². The molecule has 0 aliphatic heterocycles. The van der Waals surface area contributed by atoms with Gasteiger partial charge in [-0.2, -0.15) is 0 Å². The normalized spacial score (nSPS) is 15.8. The fourth-order valence-corrected chi connectivity index (χ4v) is 4.02. The summed E-state index contributed by atoms with van der Waals surface area (Å²) in [5.74, 6) is 0.381. The van der Waals surface area contributed by atoms with Gasteiger partial charge in [-0.05, 0) is 31.2 Å². The van der Waals surface area contributed by atoms with Crippen LogP contribution in [0.15, 0.2) is 17.5 Å². The highest BCUT2D eigenvalue weighted by molar-refractivity contribution is 7.92. The zero-order valence-corrected chi connectivity index (χ0v) is 13.1. The first-order valence-corrected chi connectivity index (χ1v) is 8.92. The lowest BCUT2D eigenvalue weighted by Gasteiger charge is -2.17. The second-order valence-electron chi connectivity index (χ2n) is 5.01. The standard InChI is InChI=1S/C13H23NO2S2/c1-10(2)12(4)18(15,16)9-7-14-11(3)13-6-5-8-17-13/h5-6,8,10-12,14H,7,9H2,1-4H3. The van der Waals surface area contributed by atoms with Crippen LogP contribution in [0.5, 0.6) is 0 Å². The smallest absolute Gasteiger partial charge is 0.154 e. The van der Waals surface area contributed by atoms with E-state index < -0.39 is 9.84 Å². The van der Waals surface area contributed by atoms with E-state index in [0.29, 0.717) is 6.54 Å². The van der Waals surface area contributed by atoms with Gasteiger partial charge in [0, 0.05) is 17.5 Å². The van der Waals surface area contributed by atoms with E-state index in [4.69, 9.17) is 0 Å². The molecule has 1 rings (SSSR count). The first kappa shape index (κ1) is 15.7. The van der Waals surface area contributed by atoms with E-state index in [1.165, 1.54) is 4.88 Å². The van der Waals surface area contributed by atoms with Crippen molar-refractivity contribution >= 4 is 21.2 Å². The van der Waals surface area contributed by atoms with Crippen LogP contribution in [0.1, 0.15) is 38.6 Å². The summed E-state index contributed by atoms with van der Waals surface area (Å²) in [7, 11) is -2.98. The average molecular weight is 289 g/mol. The highest BCUT2D eigenvalue weighted by Gasteiger charge is 2.23. The summed E-state index contributed by atoms with van der Waals surface area (Å²) in [6, 6.07) is 4.29. The summed E-state index contributed by atoms with van der Waals surface area (Å²) in [5, 5.41) is 5.03. The van der Waals surface area contributed by atoms with Crippen LogP contribution in [0, 0.1) is 5.92 Å². The van der Waals surface area contributed by atoms with Crippen molar-refractivity contribution in [3.63, 3.8) is 0 Å². The number of sulfone groups is 1. The van der Waals surface area contributed by atoms with Gasteiger partial charge in [-0.15, -0.1) is 11.3 Å². The van der Waals surface area contributed by atoms with Crippen LogP contribution in [0.4, 0.5) is 0 Å². The van der Waals surface area contributed by atoms with Crippen molar-refractivity contribution in [2.45, 2.75) is 39.0 Å². The Morgan fingerprint density at radius 2 is 1.94 bits per heavy atom. The van der Waals surface area contributed by atoms with Crippen LogP contribution >= 0.6 is 11.3 Å². The Hall–Kier alpha value is -0.390. The van der Waals surface area contributed by atoms with Gasteiger partial charge < -0.3 is 5.32 Å². The Morgan fingerprint density at radius 1 is 1.28 bits per heavy atom. The number of rotatable bonds is 7. The minimum Gasteiger partial charge on any atom is -0.308 e. The lowest BCUT2D eigenvalue weighted by molar-refractivity contribution is 0.537. The molecule has 0 amide bonds. The van der Waals surface area contributed by atoms with Crippen molar-refractivity contribution in [2.75, 3.05) is 12.3 Å². The molecule has 0 saturated carbocycles. The van der Waals surface area contributed by atoms with Crippen molar-refractivity contribution in [1.82, 2.24) is 5.32 Å².